The molecule has 3 aromatic carbocycles. The third kappa shape index (κ3) is 7.75. The Morgan fingerprint density at radius 3 is 2.37 bits per heavy atom. The highest BCUT2D eigenvalue weighted by Gasteiger charge is 2.38. The summed E-state index contributed by atoms with van der Waals surface area (Å²) in [6, 6.07) is 23.7. The van der Waals surface area contributed by atoms with E-state index in [9.17, 15) is 9.90 Å². The van der Waals surface area contributed by atoms with Gasteiger partial charge in [-0.1, -0.05) is 126 Å². The lowest BCUT2D eigenvalue weighted by molar-refractivity contribution is -0.268. The molecular formula is C32H32Cl3N3O4S. The molecule has 0 unspecified atom stereocenters. The van der Waals surface area contributed by atoms with E-state index >= 15 is 0 Å². The van der Waals surface area contributed by atoms with E-state index in [1.54, 1.807) is 18.0 Å². The Bertz CT molecular complexity index is 1530. The molecule has 7 nitrogen and oxygen atoms in total. The van der Waals surface area contributed by atoms with E-state index in [4.69, 9.17) is 44.3 Å². The lowest BCUT2D eigenvalue weighted by atomic mass is 9.91. The Labute approximate surface area is 270 Å². The van der Waals surface area contributed by atoms with Crippen LogP contribution >= 0.6 is 46.6 Å². The van der Waals surface area contributed by atoms with Gasteiger partial charge in [-0.3, -0.25) is 4.79 Å². The number of carbonyl (C=O) groups is 1. The topological polar surface area (TPSA) is 85.6 Å². The Kier molecular flexibility index (Phi) is 10.4. The molecule has 11 heteroatoms. The number of thioether (sulfide) groups is 1. The first kappa shape index (κ1) is 31.9. The second-order valence-electron chi connectivity index (χ2n) is 10.4. The number of ether oxygens (including phenoxy) is 2. The fraction of sp³-hybridized carbons (Fsp3) is 0.312. The van der Waals surface area contributed by atoms with Crippen molar-refractivity contribution in [2.45, 2.75) is 47.5 Å². The number of aliphatic hydroxyl groups excluding tert-OH is 1. The van der Waals surface area contributed by atoms with E-state index in [0.717, 1.165) is 38.5 Å². The van der Waals surface area contributed by atoms with Crippen molar-refractivity contribution < 1.29 is 19.4 Å². The quantitative estimate of drug-likeness (QED) is 0.147. The molecule has 0 radical (unpaired) electrons. The van der Waals surface area contributed by atoms with E-state index in [1.165, 1.54) is 0 Å². The number of amides is 1. The zero-order valence-electron chi connectivity index (χ0n) is 23.6. The van der Waals surface area contributed by atoms with Crippen molar-refractivity contribution >= 4 is 52.5 Å². The number of carbonyl (C=O) groups excluding carboxylic acids is 1. The van der Waals surface area contributed by atoms with Gasteiger partial charge in [-0.25, -0.2) is 4.98 Å². The number of alkyl halides is 3. The number of nitrogens with zero attached hydrogens (tertiary/aromatic N) is 2. The first-order valence-electron chi connectivity index (χ1n) is 13.8. The molecule has 43 heavy (non-hydrogen) atoms. The molecule has 5 rings (SSSR count). The smallest absolute Gasteiger partial charge is 0.272 e. The normalized spacial score (nSPS) is 20.6. The van der Waals surface area contributed by atoms with Crippen LogP contribution in [0.25, 0.3) is 11.1 Å². The van der Waals surface area contributed by atoms with Crippen molar-refractivity contribution in [3.05, 3.63) is 107 Å². The minimum Gasteiger partial charge on any atom is -0.392 e. The summed E-state index contributed by atoms with van der Waals surface area (Å²) in [5, 5.41) is 13.1. The van der Waals surface area contributed by atoms with E-state index in [-0.39, 0.29) is 31.3 Å². The minimum absolute atomic E-state index is 0.00915. The molecule has 1 aliphatic rings. The summed E-state index contributed by atoms with van der Waals surface area (Å²) >= 11 is 18.8. The summed E-state index contributed by atoms with van der Waals surface area (Å²) in [6.45, 7) is 2.35. The number of hydrogen-bond acceptors (Lipinski definition) is 6. The standard InChI is InChI=1S/C32H32Cl3N3O4S/c1-20-27(19-43-31-36-15-16-38(31)2)41-29(42-28(20)23-9-7-21(18-39)8-10-23)24-13-11-22(12-14-24)26-6-4-3-5-25(26)17-37-30(40)32(33,34)35/h3-16,20,27-29,39H,17-19H2,1-2H3,(H,37,40)/t20-,27+,28+,29+/m1/s1. The second-order valence-corrected chi connectivity index (χ2v) is 13.7. The molecule has 4 atom stereocenters. The Hall–Kier alpha value is -2.56. The van der Waals surface area contributed by atoms with Crippen LogP contribution in [-0.4, -0.2) is 36.2 Å². The molecule has 1 fully saturated rings. The number of benzene rings is 3. The van der Waals surface area contributed by atoms with Crippen LogP contribution < -0.4 is 5.32 Å². The van der Waals surface area contributed by atoms with Gasteiger partial charge < -0.3 is 24.5 Å². The van der Waals surface area contributed by atoms with Crippen molar-refractivity contribution in [1.82, 2.24) is 14.9 Å². The van der Waals surface area contributed by atoms with Crippen molar-refractivity contribution in [2.24, 2.45) is 13.0 Å². The van der Waals surface area contributed by atoms with Gasteiger partial charge in [0.2, 0.25) is 0 Å². The largest absolute Gasteiger partial charge is 0.392 e. The van der Waals surface area contributed by atoms with Gasteiger partial charge in [0.05, 0.1) is 18.8 Å². The minimum atomic E-state index is -2.03. The van der Waals surface area contributed by atoms with Crippen LogP contribution in [0.3, 0.4) is 0 Å². The fourth-order valence-corrected chi connectivity index (χ4v) is 6.30. The number of hydrogen-bond donors (Lipinski definition) is 2. The van der Waals surface area contributed by atoms with Crippen LogP contribution in [0.4, 0.5) is 0 Å². The molecule has 2 N–H and O–H groups in total. The summed E-state index contributed by atoms with van der Waals surface area (Å²) in [5.74, 6) is 0.0976. The van der Waals surface area contributed by atoms with Crippen LogP contribution in [0.15, 0.2) is 90.3 Å². The average Bonchev–Trinajstić information content (AvgIpc) is 3.43. The van der Waals surface area contributed by atoms with Gasteiger partial charge in [0, 0.05) is 43.2 Å². The third-order valence-electron chi connectivity index (χ3n) is 7.49. The lowest BCUT2D eigenvalue weighted by Gasteiger charge is -2.41. The maximum atomic E-state index is 12.1. The van der Waals surface area contributed by atoms with Gasteiger partial charge in [0.1, 0.15) is 0 Å². The molecule has 0 aliphatic carbocycles. The predicted molar refractivity (Wildman–Crippen MR) is 171 cm³/mol. The number of imidazole rings is 1. The van der Waals surface area contributed by atoms with Gasteiger partial charge in [0.15, 0.2) is 11.4 Å². The highest BCUT2D eigenvalue weighted by Crippen LogP contribution is 2.43. The van der Waals surface area contributed by atoms with Crippen LogP contribution in [0, 0.1) is 5.92 Å². The maximum absolute atomic E-state index is 12.1. The molecule has 226 valence electrons. The number of aryl methyl sites for hydroxylation is 1. The summed E-state index contributed by atoms with van der Waals surface area (Å²) in [4.78, 5) is 16.5. The summed E-state index contributed by atoms with van der Waals surface area (Å²) < 4.78 is 13.2. The fourth-order valence-electron chi connectivity index (χ4n) is 5.01. The van der Waals surface area contributed by atoms with E-state index < -0.39 is 16.0 Å². The zero-order chi connectivity index (χ0) is 30.6. The Morgan fingerprint density at radius 1 is 1.02 bits per heavy atom. The van der Waals surface area contributed by atoms with Gasteiger partial charge in [0.25, 0.3) is 9.70 Å². The average molecular weight is 661 g/mol. The maximum Gasteiger partial charge on any atom is 0.272 e. The van der Waals surface area contributed by atoms with Crippen molar-refractivity contribution in [3.8, 4) is 11.1 Å². The van der Waals surface area contributed by atoms with Gasteiger partial charge >= 0.3 is 0 Å². The Morgan fingerprint density at radius 2 is 1.72 bits per heavy atom. The first-order chi connectivity index (χ1) is 20.6. The van der Waals surface area contributed by atoms with Gasteiger partial charge in [-0.05, 0) is 27.8 Å². The Balaban J connectivity index is 1.37. The number of aromatic nitrogens is 2. The van der Waals surface area contributed by atoms with Crippen LogP contribution in [0.5, 0.6) is 0 Å². The summed E-state index contributed by atoms with van der Waals surface area (Å²) in [5.41, 5.74) is 5.57. The molecule has 2 heterocycles. The zero-order valence-corrected chi connectivity index (χ0v) is 26.7. The molecule has 1 saturated heterocycles. The highest BCUT2D eigenvalue weighted by molar-refractivity contribution is 7.99. The number of rotatable bonds is 9. The van der Waals surface area contributed by atoms with Crippen molar-refractivity contribution in [3.63, 3.8) is 0 Å². The summed E-state index contributed by atoms with van der Waals surface area (Å²) in [6.07, 6.45) is 2.82. The number of aliphatic hydroxyl groups is 1. The van der Waals surface area contributed by atoms with E-state index in [1.807, 2.05) is 90.6 Å². The van der Waals surface area contributed by atoms with Crippen molar-refractivity contribution in [2.75, 3.05) is 5.75 Å². The van der Waals surface area contributed by atoms with Crippen molar-refractivity contribution in [1.29, 1.82) is 0 Å². The van der Waals surface area contributed by atoms with E-state index in [2.05, 4.69) is 17.2 Å². The highest BCUT2D eigenvalue weighted by atomic mass is 35.6. The lowest BCUT2D eigenvalue weighted by Crippen LogP contribution is -2.38. The number of halogens is 3. The second kappa shape index (κ2) is 14.0. The van der Waals surface area contributed by atoms with E-state index in [0.29, 0.717) is 5.75 Å². The first-order valence-corrected chi connectivity index (χ1v) is 15.9. The molecule has 1 amide bonds. The van der Waals surface area contributed by atoms with Crippen LogP contribution in [0.2, 0.25) is 0 Å². The predicted octanol–water partition coefficient (Wildman–Crippen LogP) is 7.15. The summed E-state index contributed by atoms with van der Waals surface area (Å²) in [7, 11) is 1.98. The van der Waals surface area contributed by atoms with Gasteiger partial charge in [-0.2, -0.15) is 0 Å². The molecule has 1 aromatic heterocycles. The third-order valence-corrected chi connectivity index (χ3v) is 9.15. The van der Waals surface area contributed by atoms with Gasteiger partial charge in [-0.15, -0.1) is 0 Å². The molecule has 0 saturated carbocycles. The van der Waals surface area contributed by atoms with Crippen LogP contribution in [0.1, 0.15) is 41.6 Å². The molecule has 0 spiro atoms. The SMILES string of the molecule is C[C@@H]1[C@H](CSc2nccn2C)O[C@H](c2ccc(-c3ccccc3CNC(=O)C(Cl)(Cl)Cl)cc2)O[C@@H]1c1ccc(CO)cc1. The number of nitrogens with one attached hydrogen (secondary N) is 1. The molecule has 4 aromatic rings. The molecule has 1 aliphatic heterocycles. The molecule has 0 bridgehead atoms. The monoisotopic (exact) mass is 659 g/mol. The molecular weight excluding hydrogens is 629 g/mol. The van der Waals surface area contributed by atoms with Crippen LogP contribution in [-0.2, 0) is 34.5 Å².